The van der Waals surface area contributed by atoms with Gasteiger partial charge < -0.3 is 19.9 Å². The zero-order chi connectivity index (χ0) is 21.4. The molecular weight excluding hydrogens is 360 g/mol. The Hall–Kier alpha value is -1.93. The second-order valence-corrected chi connectivity index (χ2v) is 7.79. The van der Waals surface area contributed by atoms with Crippen molar-refractivity contribution < 1.29 is 19.1 Å². The van der Waals surface area contributed by atoms with Crippen molar-refractivity contribution in [1.29, 1.82) is 0 Å². The number of nitrogens with zero attached hydrogens (tertiary/aromatic N) is 3. The lowest BCUT2D eigenvalue weighted by Gasteiger charge is -2.36. The Labute approximate surface area is 168 Å². The second kappa shape index (κ2) is 11.2. The van der Waals surface area contributed by atoms with Crippen LogP contribution in [-0.4, -0.2) is 98.5 Å². The minimum atomic E-state index is -0.383. The van der Waals surface area contributed by atoms with E-state index in [9.17, 15) is 14.4 Å². The Bertz CT molecular complexity index is 591. The average molecular weight is 397 g/mol. The first kappa shape index (κ1) is 24.1. The van der Waals surface area contributed by atoms with Gasteiger partial charge in [-0.05, 0) is 33.9 Å². The van der Waals surface area contributed by atoms with Crippen LogP contribution >= 0.6 is 0 Å². The smallest absolute Gasteiger partial charge is 0.333 e. The summed E-state index contributed by atoms with van der Waals surface area (Å²) in [7, 11) is 5.59. The van der Waals surface area contributed by atoms with Crippen molar-refractivity contribution in [3.63, 3.8) is 0 Å². The summed E-state index contributed by atoms with van der Waals surface area (Å²) in [6, 6.07) is -0.527. The molecule has 0 aromatic heterocycles. The molecule has 8 heteroatoms. The fraction of sp³-hybridized carbons (Fsp3) is 0.750. The van der Waals surface area contributed by atoms with E-state index in [1.807, 2.05) is 32.8 Å². The Morgan fingerprint density at radius 2 is 1.89 bits per heavy atom. The number of piperazine rings is 1. The van der Waals surface area contributed by atoms with E-state index in [-0.39, 0.29) is 42.3 Å². The molecule has 2 atom stereocenters. The first-order chi connectivity index (χ1) is 13.1. The van der Waals surface area contributed by atoms with E-state index in [0.29, 0.717) is 18.7 Å². The summed E-state index contributed by atoms with van der Waals surface area (Å²) in [5.74, 6) is -0.624. The maximum absolute atomic E-state index is 12.6. The van der Waals surface area contributed by atoms with Gasteiger partial charge in [0.1, 0.15) is 6.04 Å². The second-order valence-electron chi connectivity index (χ2n) is 7.79. The molecule has 0 saturated carbocycles. The highest BCUT2D eigenvalue weighted by molar-refractivity contribution is 5.89. The molecule has 1 unspecified atom stereocenters. The van der Waals surface area contributed by atoms with Gasteiger partial charge in [-0.2, -0.15) is 0 Å². The van der Waals surface area contributed by atoms with Crippen LogP contribution in [0.3, 0.4) is 0 Å². The number of nitrogens with one attached hydrogen (secondary N) is 1. The average Bonchev–Trinajstić information content (AvgIpc) is 2.64. The van der Waals surface area contributed by atoms with Crippen LogP contribution < -0.4 is 5.32 Å². The van der Waals surface area contributed by atoms with Crippen molar-refractivity contribution in [2.45, 2.75) is 39.8 Å². The Kier molecular flexibility index (Phi) is 9.61. The van der Waals surface area contributed by atoms with Crippen LogP contribution in [0.25, 0.3) is 0 Å². The highest BCUT2D eigenvalue weighted by atomic mass is 16.5. The highest BCUT2D eigenvalue weighted by Crippen LogP contribution is 2.14. The van der Waals surface area contributed by atoms with Gasteiger partial charge in [-0.15, -0.1) is 0 Å². The molecule has 0 bridgehead atoms. The van der Waals surface area contributed by atoms with Crippen LogP contribution in [0.15, 0.2) is 11.6 Å². The summed E-state index contributed by atoms with van der Waals surface area (Å²) in [4.78, 5) is 42.7. The van der Waals surface area contributed by atoms with E-state index in [4.69, 9.17) is 4.74 Å². The highest BCUT2D eigenvalue weighted by Gasteiger charge is 2.29. The van der Waals surface area contributed by atoms with E-state index in [0.717, 1.165) is 13.1 Å². The summed E-state index contributed by atoms with van der Waals surface area (Å²) >= 11 is 0. The third-order valence-electron chi connectivity index (χ3n) is 5.11. The Morgan fingerprint density at radius 3 is 2.46 bits per heavy atom. The molecule has 1 fully saturated rings. The zero-order valence-corrected chi connectivity index (χ0v) is 18.3. The van der Waals surface area contributed by atoms with Crippen LogP contribution in [0.1, 0.15) is 27.7 Å². The summed E-state index contributed by atoms with van der Waals surface area (Å²) in [6.45, 7) is 10.0. The van der Waals surface area contributed by atoms with Gasteiger partial charge in [-0.3, -0.25) is 14.5 Å². The number of hydrogen-bond donors (Lipinski definition) is 1. The molecule has 28 heavy (non-hydrogen) atoms. The lowest BCUT2D eigenvalue weighted by Crippen LogP contribution is -2.57. The van der Waals surface area contributed by atoms with Gasteiger partial charge >= 0.3 is 5.97 Å². The van der Waals surface area contributed by atoms with Gasteiger partial charge in [0.15, 0.2) is 0 Å². The summed E-state index contributed by atoms with van der Waals surface area (Å²) in [5.41, 5.74) is 0.469. The number of esters is 1. The van der Waals surface area contributed by atoms with Gasteiger partial charge in [0.05, 0.1) is 19.2 Å². The first-order valence-corrected chi connectivity index (χ1v) is 9.86. The minimum Gasteiger partial charge on any atom is -0.463 e. The summed E-state index contributed by atoms with van der Waals surface area (Å²) < 4.78 is 5.01. The number of carbonyl (C=O) groups excluding carboxylic acids is 3. The monoisotopic (exact) mass is 396 g/mol. The number of hydrogen-bond acceptors (Lipinski definition) is 6. The van der Waals surface area contributed by atoms with E-state index < -0.39 is 0 Å². The van der Waals surface area contributed by atoms with Gasteiger partial charge in [-0.1, -0.05) is 19.9 Å². The molecule has 8 nitrogen and oxygen atoms in total. The lowest BCUT2D eigenvalue weighted by molar-refractivity contribution is -0.138. The van der Waals surface area contributed by atoms with E-state index in [1.165, 1.54) is 0 Å². The zero-order valence-electron chi connectivity index (χ0n) is 18.3. The molecule has 0 spiro atoms. The molecule has 1 rings (SSSR count). The van der Waals surface area contributed by atoms with E-state index >= 15 is 0 Å². The Morgan fingerprint density at radius 1 is 1.25 bits per heavy atom. The van der Waals surface area contributed by atoms with Gasteiger partial charge in [-0.25, -0.2) is 4.79 Å². The molecule has 0 aliphatic carbocycles. The predicted molar refractivity (Wildman–Crippen MR) is 109 cm³/mol. The number of ether oxygens (including phenoxy) is 1. The molecule has 1 N–H and O–H groups in total. The maximum atomic E-state index is 12.6. The van der Waals surface area contributed by atoms with Crippen molar-refractivity contribution >= 4 is 17.8 Å². The predicted octanol–water partition coefficient (Wildman–Crippen LogP) is 0.341. The SMILES string of the molecule is CCOC(=O)C(C)=C[C@H](C(C)C)N(C)C(=O)CNC(=O)C1CN(C)CCN1C. The number of carbonyl (C=O) groups is 3. The third-order valence-corrected chi connectivity index (χ3v) is 5.11. The normalized spacial score (nSPS) is 20.0. The third kappa shape index (κ3) is 6.91. The van der Waals surface area contributed by atoms with Gasteiger partial charge in [0, 0.05) is 32.3 Å². The van der Waals surface area contributed by atoms with Crippen molar-refractivity contribution in [2.24, 2.45) is 5.92 Å². The number of likely N-dealkylation sites (N-methyl/N-ethyl adjacent to an activating group) is 3. The largest absolute Gasteiger partial charge is 0.463 e. The minimum absolute atomic E-state index is 0.0705. The van der Waals surface area contributed by atoms with Crippen molar-refractivity contribution in [2.75, 3.05) is 53.9 Å². The fourth-order valence-corrected chi connectivity index (χ4v) is 3.19. The topological polar surface area (TPSA) is 82.2 Å². The lowest BCUT2D eigenvalue weighted by atomic mass is 10.00. The van der Waals surface area contributed by atoms with Crippen molar-refractivity contribution in [3.8, 4) is 0 Å². The van der Waals surface area contributed by atoms with Crippen LogP contribution in [0.2, 0.25) is 0 Å². The van der Waals surface area contributed by atoms with Gasteiger partial charge in [0.2, 0.25) is 11.8 Å². The van der Waals surface area contributed by atoms with Crippen LogP contribution in [0.5, 0.6) is 0 Å². The molecule has 2 amide bonds. The summed E-state index contributed by atoms with van der Waals surface area (Å²) in [6.07, 6.45) is 1.76. The van der Waals surface area contributed by atoms with Crippen molar-refractivity contribution in [1.82, 2.24) is 20.0 Å². The molecule has 0 radical (unpaired) electrons. The van der Waals surface area contributed by atoms with E-state index in [2.05, 4.69) is 10.2 Å². The number of rotatable bonds is 8. The molecule has 160 valence electrons. The maximum Gasteiger partial charge on any atom is 0.333 e. The summed E-state index contributed by atoms with van der Waals surface area (Å²) in [5, 5.41) is 2.76. The van der Waals surface area contributed by atoms with Crippen LogP contribution in [0.4, 0.5) is 0 Å². The standard InChI is InChI=1S/C20H36N4O4/c1-8-28-20(27)15(4)11-16(14(2)3)24(7)18(25)12-21-19(26)17-13-22(5)9-10-23(17)6/h11,14,16-17H,8-10,12-13H2,1-7H3,(H,21,26)/t16-,17?/m1/s1. The first-order valence-electron chi connectivity index (χ1n) is 9.86. The Balaban J connectivity index is 2.71. The quantitative estimate of drug-likeness (QED) is 0.471. The molecule has 1 heterocycles. The van der Waals surface area contributed by atoms with Crippen LogP contribution in [0, 0.1) is 5.92 Å². The van der Waals surface area contributed by atoms with Crippen molar-refractivity contribution in [3.05, 3.63) is 11.6 Å². The molecule has 0 aromatic carbocycles. The molecule has 1 saturated heterocycles. The molecule has 1 aliphatic heterocycles. The van der Waals surface area contributed by atoms with Crippen LogP contribution in [-0.2, 0) is 19.1 Å². The molecular formula is C20H36N4O4. The molecule has 1 aliphatic rings. The molecule has 0 aromatic rings. The number of amides is 2. The van der Waals surface area contributed by atoms with E-state index in [1.54, 1.807) is 31.9 Å². The van der Waals surface area contributed by atoms with Gasteiger partial charge in [0.25, 0.3) is 0 Å². The fourth-order valence-electron chi connectivity index (χ4n) is 3.19.